The lowest BCUT2D eigenvalue weighted by Crippen LogP contribution is -2.42. The first kappa shape index (κ1) is 18.3. The number of thiophene rings is 1. The Hall–Kier alpha value is -2.54. The molecule has 0 saturated carbocycles. The molecule has 26 heavy (non-hydrogen) atoms. The van der Waals surface area contributed by atoms with Gasteiger partial charge in [-0.15, -0.1) is 11.3 Å². The van der Waals surface area contributed by atoms with Crippen molar-refractivity contribution < 1.29 is 19.1 Å². The molecule has 6 nitrogen and oxygen atoms in total. The fourth-order valence-electron chi connectivity index (χ4n) is 3.01. The molecule has 3 rings (SSSR count). The van der Waals surface area contributed by atoms with E-state index in [2.05, 4.69) is 10.9 Å². The third-order valence-electron chi connectivity index (χ3n) is 4.35. The smallest absolute Gasteiger partial charge is 0.279 e. The van der Waals surface area contributed by atoms with Crippen LogP contribution in [0.3, 0.4) is 0 Å². The van der Waals surface area contributed by atoms with Crippen LogP contribution in [0.15, 0.2) is 24.3 Å². The maximum absolute atomic E-state index is 12.3. The third-order valence-corrected chi connectivity index (χ3v) is 5.58. The molecular formula is C19H22N2O4S. The average molecular weight is 374 g/mol. The number of hydrazine groups is 1. The molecular weight excluding hydrogens is 352 g/mol. The Kier molecular flexibility index (Phi) is 5.78. The molecule has 0 radical (unpaired) electrons. The number of carbonyl (C=O) groups is 2. The second-order valence-electron chi connectivity index (χ2n) is 6.13. The van der Waals surface area contributed by atoms with Gasteiger partial charge in [0.05, 0.1) is 25.5 Å². The van der Waals surface area contributed by atoms with Crippen LogP contribution in [0.1, 0.15) is 38.5 Å². The zero-order valence-electron chi connectivity index (χ0n) is 14.9. The summed E-state index contributed by atoms with van der Waals surface area (Å²) in [5.74, 6) is 0.592. The number of hydrogen-bond acceptors (Lipinski definition) is 5. The van der Waals surface area contributed by atoms with Crippen molar-refractivity contribution in [3.8, 4) is 11.5 Å². The molecule has 1 aromatic carbocycles. The van der Waals surface area contributed by atoms with E-state index >= 15 is 0 Å². The first-order chi connectivity index (χ1) is 12.6. The molecule has 0 fully saturated rings. The largest absolute Gasteiger partial charge is 0.493 e. The van der Waals surface area contributed by atoms with E-state index in [1.54, 1.807) is 32.4 Å². The molecule has 0 saturated heterocycles. The van der Waals surface area contributed by atoms with Gasteiger partial charge in [0.25, 0.3) is 5.91 Å². The minimum absolute atomic E-state index is 0.127. The fourth-order valence-corrected chi connectivity index (χ4v) is 4.16. The Balaban J connectivity index is 1.55. The van der Waals surface area contributed by atoms with Gasteiger partial charge < -0.3 is 9.47 Å². The van der Waals surface area contributed by atoms with E-state index in [4.69, 9.17) is 9.47 Å². The van der Waals surface area contributed by atoms with Crippen molar-refractivity contribution in [2.24, 2.45) is 0 Å². The van der Waals surface area contributed by atoms with Crippen molar-refractivity contribution >= 4 is 23.2 Å². The molecule has 1 aromatic heterocycles. The number of benzene rings is 1. The predicted molar refractivity (Wildman–Crippen MR) is 99.8 cm³/mol. The van der Waals surface area contributed by atoms with Crippen LogP contribution < -0.4 is 20.3 Å². The minimum Gasteiger partial charge on any atom is -0.493 e. The average Bonchev–Trinajstić information content (AvgIpc) is 3.10. The summed E-state index contributed by atoms with van der Waals surface area (Å²) in [4.78, 5) is 26.3. The van der Waals surface area contributed by atoms with E-state index in [0.717, 1.165) is 18.4 Å². The van der Waals surface area contributed by atoms with Crippen LogP contribution in [-0.2, 0) is 24.1 Å². The van der Waals surface area contributed by atoms with Gasteiger partial charge in [-0.25, -0.2) is 0 Å². The Bertz CT molecular complexity index is 792. The number of fused-ring (bicyclic) bond motifs is 1. The van der Waals surface area contributed by atoms with Crippen molar-refractivity contribution in [3.05, 3.63) is 45.1 Å². The molecule has 2 N–H and O–H groups in total. The molecule has 0 spiro atoms. The summed E-state index contributed by atoms with van der Waals surface area (Å²) in [6.45, 7) is 0. The first-order valence-electron chi connectivity index (χ1n) is 8.52. The Morgan fingerprint density at radius 3 is 2.54 bits per heavy atom. The van der Waals surface area contributed by atoms with E-state index in [1.807, 2.05) is 6.07 Å². The van der Waals surface area contributed by atoms with Gasteiger partial charge in [0, 0.05) is 4.88 Å². The highest BCUT2D eigenvalue weighted by atomic mass is 32.1. The maximum Gasteiger partial charge on any atom is 0.279 e. The van der Waals surface area contributed by atoms with Crippen molar-refractivity contribution in [1.29, 1.82) is 0 Å². The lowest BCUT2D eigenvalue weighted by molar-refractivity contribution is -0.121. The number of carbonyl (C=O) groups excluding carboxylic acids is 2. The molecule has 7 heteroatoms. The van der Waals surface area contributed by atoms with Gasteiger partial charge in [0.2, 0.25) is 5.91 Å². The third kappa shape index (κ3) is 4.16. The Morgan fingerprint density at radius 2 is 1.81 bits per heavy atom. The van der Waals surface area contributed by atoms with Crippen molar-refractivity contribution in [2.45, 2.75) is 32.1 Å². The fraction of sp³-hybridized carbons (Fsp3) is 0.368. The standard InChI is InChI=1S/C19H22N2O4S/c1-24-14-8-7-12(9-15(14)25-2)10-18(22)20-21-19(23)17-11-13-5-3-4-6-16(13)26-17/h7-9,11H,3-6,10H2,1-2H3,(H,20,22)(H,21,23). The van der Waals surface area contributed by atoms with Crippen molar-refractivity contribution in [1.82, 2.24) is 10.9 Å². The van der Waals surface area contributed by atoms with Crippen molar-refractivity contribution in [3.63, 3.8) is 0 Å². The second-order valence-corrected chi connectivity index (χ2v) is 7.27. The van der Waals surface area contributed by atoms with E-state index in [0.29, 0.717) is 16.4 Å². The summed E-state index contributed by atoms with van der Waals surface area (Å²) in [6, 6.07) is 7.22. The highest BCUT2D eigenvalue weighted by molar-refractivity contribution is 7.14. The van der Waals surface area contributed by atoms with Gasteiger partial charge in [0.15, 0.2) is 11.5 Å². The summed E-state index contributed by atoms with van der Waals surface area (Å²) in [7, 11) is 3.10. The number of hydrogen-bond donors (Lipinski definition) is 2. The Morgan fingerprint density at radius 1 is 1.04 bits per heavy atom. The second kappa shape index (κ2) is 8.23. The molecule has 1 aliphatic carbocycles. The predicted octanol–water partition coefficient (Wildman–Crippen LogP) is 2.65. The molecule has 1 heterocycles. The normalized spacial score (nSPS) is 12.8. The quantitative estimate of drug-likeness (QED) is 0.789. The van der Waals surface area contributed by atoms with Crippen LogP contribution in [0.25, 0.3) is 0 Å². The Labute approximate surface area is 156 Å². The molecule has 2 aromatic rings. The van der Waals surface area contributed by atoms with Gasteiger partial charge in [0.1, 0.15) is 0 Å². The van der Waals surface area contributed by atoms with Gasteiger partial charge in [-0.3, -0.25) is 20.4 Å². The van der Waals surface area contributed by atoms with Gasteiger partial charge >= 0.3 is 0 Å². The number of nitrogens with one attached hydrogen (secondary N) is 2. The number of ether oxygens (including phenoxy) is 2. The summed E-state index contributed by atoms with van der Waals surface area (Å²) in [6.07, 6.45) is 4.55. The lowest BCUT2D eigenvalue weighted by atomic mass is 9.99. The van der Waals surface area contributed by atoms with Gasteiger partial charge in [-0.05, 0) is 55.0 Å². The number of methoxy groups -OCH3 is 2. The number of rotatable bonds is 5. The maximum atomic E-state index is 12.3. The molecule has 0 atom stereocenters. The van der Waals surface area contributed by atoms with E-state index in [9.17, 15) is 9.59 Å². The summed E-state index contributed by atoms with van der Waals surface area (Å²) >= 11 is 1.51. The highest BCUT2D eigenvalue weighted by Gasteiger charge is 2.17. The van der Waals surface area contributed by atoms with E-state index in [1.165, 1.54) is 34.6 Å². The highest BCUT2D eigenvalue weighted by Crippen LogP contribution is 2.29. The summed E-state index contributed by atoms with van der Waals surface area (Å²) < 4.78 is 10.4. The number of amides is 2. The van der Waals surface area contributed by atoms with Crippen LogP contribution in [-0.4, -0.2) is 26.0 Å². The zero-order chi connectivity index (χ0) is 18.5. The zero-order valence-corrected chi connectivity index (χ0v) is 15.7. The van der Waals surface area contributed by atoms with Crippen molar-refractivity contribution in [2.75, 3.05) is 14.2 Å². The SMILES string of the molecule is COc1ccc(CC(=O)NNC(=O)c2cc3c(s2)CCCC3)cc1OC. The van der Waals surface area contributed by atoms with Crippen LogP contribution >= 0.6 is 11.3 Å². The molecule has 138 valence electrons. The topological polar surface area (TPSA) is 76.7 Å². The van der Waals surface area contributed by atoms with Crippen LogP contribution in [0, 0.1) is 0 Å². The molecule has 0 bridgehead atoms. The molecule has 0 unspecified atom stereocenters. The first-order valence-corrected chi connectivity index (χ1v) is 9.34. The molecule has 2 amide bonds. The van der Waals surface area contributed by atoms with Crippen LogP contribution in [0.5, 0.6) is 11.5 Å². The van der Waals surface area contributed by atoms with Crippen LogP contribution in [0.2, 0.25) is 0 Å². The summed E-state index contributed by atoms with van der Waals surface area (Å²) in [5, 5.41) is 0. The number of aryl methyl sites for hydroxylation is 2. The molecule has 1 aliphatic rings. The van der Waals surface area contributed by atoms with Crippen LogP contribution in [0.4, 0.5) is 0 Å². The van der Waals surface area contributed by atoms with E-state index < -0.39 is 0 Å². The molecule has 0 aliphatic heterocycles. The lowest BCUT2D eigenvalue weighted by Gasteiger charge is -2.10. The van der Waals surface area contributed by atoms with E-state index in [-0.39, 0.29) is 18.2 Å². The monoisotopic (exact) mass is 374 g/mol. The van der Waals surface area contributed by atoms with Gasteiger partial charge in [-0.2, -0.15) is 0 Å². The summed E-state index contributed by atoms with van der Waals surface area (Å²) in [5.41, 5.74) is 7.00. The van der Waals surface area contributed by atoms with Gasteiger partial charge in [-0.1, -0.05) is 6.07 Å². The minimum atomic E-state index is -0.299.